The summed E-state index contributed by atoms with van der Waals surface area (Å²) in [5.41, 5.74) is 0.0665. The quantitative estimate of drug-likeness (QED) is 0.777. The van der Waals surface area contributed by atoms with E-state index in [1.54, 1.807) is 6.07 Å². The van der Waals surface area contributed by atoms with E-state index in [4.69, 9.17) is 0 Å². The minimum Gasteiger partial charge on any atom is -0.506 e. The van der Waals surface area contributed by atoms with Gasteiger partial charge in [0.25, 0.3) is 0 Å². The van der Waals surface area contributed by atoms with Crippen LogP contribution in [0.25, 0.3) is 0 Å². The Labute approximate surface area is 104 Å². The number of aliphatic hydroxyl groups is 1. The summed E-state index contributed by atoms with van der Waals surface area (Å²) in [5.74, 6) is 0.237. The Morgan fingerprint density at radius 1 is 1.44 bits per heavy atom. The van der Waals surface area contributed by atoms with Crippen LogP contribution in [0.2, 0.25) is 0 Å². The summed E-state index contributed by atoms with van der Waals surface area (Å²) >= 11 is 3.28. The molecule has 0 saturated carbocycles. The van der Waals surface area contributed by atoms with Gasteiger partial charge in [-0.15, -0.1) is 0 Å². The molecule has 1 aromatic carbocycles. The number of aromatic hydroxyl groups is 1. The third-order valence-corrected chi connectivity index (χ3v) is 3.68. The summed E-state index contributed by atoms with van der Waals surface area (Å²) in [6, 6.07) is 5.52. The average molecular weight is 286 g/mol. The van der Waals surface area contributed by atoms with E-state index in [0.717, 1.165) is 24.9 Å². The van der Waals surface area contributed by atoms with Gasteiger partial charge in [0.05, 0.1) is 10.1 Å². The van der Waals surface area contributed by atoms with Crippen molar-refractivity contribution in [3.05, 3.63) is 28.2 Å². The highest BCUT2D eigenvalue weighted by Crippen LogP contribution is 2.31. The van der Waals surface area contributed by atoms with E-state index >= 15 is 0 Å². The number of rotatable bonds is 2. The van der Waals surface area contributed by atoms with Crippen LogP contribution in [0.15, 0.2) is 22.7 Å². The van der Waals surface area contributed by atoms with Gasteiger partial charge in [0, 0.05) is 13.0 Å². The average Bonchev–Trinajstić information content (AvgIpc) is 2.26. The van der Waals surface area contributed by atoms with Crippen LogP contribution in [0.3, 0.4) is 0 Å². The molecule has 1 aliphatic heterocycles. The largest absolute Gasteiger partial charge is 0.506 e. The molecule has 16 heavy (non-hydrogen) atoms. The maximum absolute atomic E-state index is 10.4. The molecule has 0 aliphatic carbocycles. The van der Waals surface area contributed by atoms with E-state index in [1.165, 1.54) is 0 Å². The first-order chi connectivity index (χ1) is 7.61. The van der Waals surface area contributed by atoms with E-state index < -0.39 is 5.60 Å². The summed E-state index contributed by atoms with van der Waals surface area (Å²) in [7, 11) is 0. The van der Waals surface area contributed by atoms with Crippen LogP contribution in [0.4, 0.5) is 0 Å². The van der Waals surface area contributed by atoms with Gasteiger partial charge >= 0.3 is 0 Å². The molecule has 0 spiro atoms. The fraction of sp³-hybridized carbons (Fsp3) is 0.500. The van der Waals surface area contributed by atoms with Crippen molar-refractivity contribution in [3.8, 4) is 5.75 Å². The normalized spacial score (nSPS) is 25.6. The molecule has 3 nitrogen and oxygen atoms in total. The molecule has 0 aromatic heterocycles. The third-order valence-electron chi connectivity index (χ3n) is 3.04. The molecule has 88 valence electrons. The van der Waals surface area contributed by atoms with Crippen molar-refractivity contribution in [1.82, 2.24) is 5.32 Å². The summed E-state index contributed by atoms with van der Waals surface area (Å²) in [4.78, 5) is 0. The van der Waals surface area contributed by atoms with E-state index in [9.17, 15) is 10.2 Å². The molecule has 0 radical (unpaired) electrons. The molecular weight excluding hydrogens is 270 g/mol. The minimum atomic E-state index is -0.726. The number of β-amino-alcohol motifs (C(OH)–C–C–N with tert-alkyl or cyclic N) is 1. The summed E-state index contributed by atoms with van der Waals surface area (Å²) in [6.07, 6.45) is 2.25. The van der Waals surface area contributed by atoms with Crippen LogP contribution in [0.5, 0.6) is 5.75 Å². The van der Waals surface area contributed by atoms with E-state index in [0.29, 0.717) is 17.4 Å². The van der Waals surface area contributed by atoms with Crippen molar-refractivity contribution in [2.24, 2.45) is 0 Å². The summed E-state index contributed by atoms with van der Waals surface area (Å²) in [6.45, 7) is 1.56. The van der Waals surface area contributed by atoms with E-state index in [-0.39, 0.29) is 5.75 Å². The number of halogens is 1. The molecule has 1 aromatic rings. The zero-order valence-corrected chi connectivity index (χ0v) is 10.6. The number of hydrogen-bond donors (Lipinski definition) is 3. The Morgan fingerprint density at radius 2 is 2.25 bits per heavy atom. The lowest BCUT2D eigenvalue weighted by Gasteiger charge is -2.33. The Balaban J connectivity index is 2.16. The van der Waals surface area contributed by atoms with Crippen LogP contribution in [0.1, 0.15) is 18.4 Å². The zero-order chi connectivity index (χ0) is 11.6. The molecule has 1 unspecified atom stereocenters. The van der Waals surface area contributed by atoms with Crippen LogP contribution in [-0.2, 0) is 6.42 Å². The lowest BCUT2D eigenvalue weighted by molar-refractivity contribution is 0.0164. The van der Waals surface area contributed by atoms with Crippen LogP contribution in [-0.4, -0.2) is 28.9 Å². The SMILES string of the molecule is Oc1c(Br)cccc1CC1(O)CCCNC1. The maximum atomic E-state index is 10.4. The van der Waals surface area contributed by atoms with Crippen LogP contribution >= 0.6 is 15.9 Å². The summed E-state index contributed by atoms with van der Waals surface area (Å²) in [5, 5.41) is 23.4. The smallest absolute Gasteiger partial charge is 0.133 e. The first-order valence-electron chi connectivity index (χ1n) is 5.50. The highest BCUT2D eigenvalue weighted by Gasteiger charge is 2.30. The number of nitrogens with one attached hydrogen (secondary N) is 1. The van der Waals surface area contributed by atoms with Crippen molar-refractivity contribution in [3.63, 3.8) is 0 Å². The molecule has 4 heteroatoms. The Morgan fingerprint density at radius 3 is 2.94 bits per heavy atom. The lowest BCUT2D eigenvalue weighted by atomic mass is 9.87. The maximum Gasteiger partial charge on any atom is 0.133 e. The van der Waals surface area contributed by atoms with E-state index in [2.05, 4.69) is 21.2 Å². The predicted octanol–water partition coefficient (Wildman–Crippen LogP) is 1.81. The molecule has 1 fully saturated rings. The van der Waals surface area contributed by atoms with Gasteiger partial charge in [-0.2, -0.15) is 0 Å². The highest BCUT2D eigenvalue weighted by atomic mass is 79.9. The molecule has 0 amide bonds. The molecule has 1 heterocycles. The molecule has 0 bridgehead atoms. The number of phenols is 1. The van der Waals surface area contributed by atoms with Gasteiger partial charge in [0.1, 0.15) is 5.75 Å². The molecule has 1 atom stereocenters. The Kier molecular flexibility index (Phi) is 3.52. The molecule has 3 N–H and O–H groups in total. The van der Waals surface area contributed by atoms with E-state index in [1.807, 2.05) is 12.1 Å². The van der Waals surface area contributed by atoms with Gasteiger partial charge in [0.2, 0.25) is 0 Å². The number of para-hydroxylation sites is 1. The van der Waals surface area contributed by atoms with Crippen molar-refractivity contribution in [1.29, 1.82) is 0 Å². The second-order valence-electron chi connectivity index (χ2n) is 4.43. The number of benzene rings is 1. The van der Waals surface area contributed by atoms with Gasteiger partial charge in [-0.25, -0.2) is 0 Å². The molecule has 2 rings (SSSR count). The first-order valence-corrected chi connectivity index (χ1v) is 6.29. The fourth-order valence-corrected chi connectivity index (χ4v) is 2.57. The van der Waals surface area contributed by atoms with Crippen molar-refractivity contribution >= 4 is 15.9 Å². The van der Waals surface area contributed by atoms with Gasteiger partial charge < -0.3 is 15.5 Å². The Hall–Kier alpha value is -0.580. The second kappa shape index (κ2) is 4.73. The second-order valence-corrected chi connectivity index (χ2v) is 5.28. The monoisotopic (exact) mass is 285 g/mol. The molecule has 1 aliphatic rings. The van der Waals surface area contributed by atoms with Gasteiger partial charge in [-0.3, -0.25) is 0 Å². The zero-order valence-electron chi connectivity index (χ0n) is 9.04. The number of phenolic OH excluding ortho intramolecular Hbond substituents is 1. The standard InChI is InChI=1S/C12H16BrNO2/c13-10-4-1-3-9(11(10)15)7-12(16)5-2-6-14-8-12/h1,3-4,14-16H,2,5-8H2. The predicted molar refractivity (Wildman–Crippen MR) is 66.6 cm³/mol. The number of hydrogen-bond acceptors (Lipinski definition) is 3. The minimum absolute atomic E-state index is 0.237. The highest BCUT2D eigenvalue weighted by molar-refractivity contribution is 9.10. The van der Waals surface area contributed by atoms with Crippen LogP contribution < -0.4 is 5.32 Å². The van der Waals surface area contributed by atoms with Crippen molar-refractivity contribution in [2.75, 3.05) is 13.1 Å². The molecule has 1 saturated heterocycles. The summed E-state index contributed by atoms with van der Waals surface area (Å²) < 4.78 is 0.678. The fourth-order valence-electron chi connectivity index (χ4n) is 2.16. The lowest BCUT2D eigenvalue weighted by Crippen LogP contribution is -2.47. The van der Waals surface area contributed by atoms with Gasteiger partial charge in [0.15, 0.2) is 0 Å². The Bertz CT molecular complexity index is 375. The molecular formula is C12H16BrNO2. The number of piperidine rings is 1. The first kappa shape index (κ1) is 11.9. The van der Waals surface area contributed by atoms with Crippen molar-refractivity contribution in [2.45, 2.75) is 24.9 Å². The van der Waals surface area contributed by atoms with Gasteiger partial charge in [-0.05, 0) is 46.9 Å². The van der Waals surface area contributed by atoms with Gasteiger partial charge in [-0.1, -0.05) is 12.1 Å². The topological polar surface area (TPSA) is 52.5 Å². The van der Waals surface area contributed by atoms with Crippen molar-refractivity contribution < 1.29 is 10.2 Å². The third kappa shape index (κ3) is 2.56. The van der Waals surface area contributed by atoms with Crippen LogP contribution in [0, 0.1) is 0 Å².